The van der Waals surface area contributed by atoms with E-state index in [0.29, 0.717) is 19.4 Å². The van der Waals surface area contributed by atoms with Crippen LogP contribution >= 0.6 is 0 Å². The van der Waals surface area contributed by atoms with Crippen LogP contribution in [0, 0.1) is 0 Å². The summed E-state index contributed by atoms with van der Waals surface area (Å²) in [6, 6.07) is 0. The first-order chi connectivity index (χ1) is 34.6. The van der Waals surface area contributed by atoms with Gasteiger partial charge in [0.15, 0.2) is 6.10 Å². The number of rotatable bonds is 53. The molecule has 400 valence electrons. The van der Waals surface area contributed by atoms with Crippen LogP contribution in [-0.4, -0.2) is 37.9 Å². The summed E-state index contributed by atoms with van der Waals surface area (Å²) in [7, 11) is 0. The molecule has 1 atom stereocenters. The number of esters is 2. The summed E-state index contributed by atoms with van der Waals surface area (Å²) in [6.07, 6.45) is 82.7. The first kappa shape index (κ1) is 66.6. The third-order valence-corrected chi connectivity index (χ3v) is 12.3. The van der Waals surface area contributed by atoms with E-state index in [1.54, 1.807) is 0 Å². The maximum absolute atomic E-state index is 12.9. The molecule has 0 aliphatic heterocycles. The first-order valence-electron chi connectivity index (χ1n) is 29.4. The van der Waals surface area contributed by atoms with Crippen LogP contribution in [0.1, 0.15) is 265 Å². The van der Waals surface area contributed by atoms with Crippen molar-refractivity contribution in [1.29, 1.82) is 0 Å². The van der Waals surface area contributed by atoms with Crippen molar-refractivity contribution in [2.45, 2.75) is 271 Å². The van der Waals surface area contributed by atoms with Crippen LogP contribution < -0.4 is 0 Å². The molecule has 70 heavy (non-hydrogen) atoms. The quantitative estimate of drug-likeness (QED) is 0.0345. The van der Waals surface area contributed by atoms with Crippen LogP contribution in [0.2, 0.25) is 0 Å². The zero-order valence-electron chi connectivity index (χ0n) is 46.0. The molecule has 0 bridgehead atoms. The molecular weight excluding hydrogens is 861 g/mol. The molecule has 0 heterocycles. The molecule has 0 aromatic rings. The maximum atomic E-state index is 12.9. The normalized spacial score (nSPS) is 13.0. The topological polar surface area (TPSA) is 61.8 Å². The lowest BCUT2D eigenvalue weighted by Crippen LogP contribution is -2.30. The molecule has 0 aliphatic rings. The zero-order valence-corrected chi connectivity index (χ0v) is 46.0. The molecule has 5 heteroatoms. The lowest BCUT2D eigenvalue weighted by molar-refractivity contribution is -0.163. The van der Waals surface area contributed by atoms with Gasteiger partial charge in [-0.3, -0.25) is 9.59 Å². The standard InChI is InChI=1S/C65H110O5/c1-4-7-10-13-16-19-22-25-28-30-32-34-36-39-42-45-48-51-54-57-60-68-61-63(70-65(67)59-56-53-50-47-44-41-37-27-24-21-18-15-12-9-6-3)62-69-64(66)58-55-52-49-46-43-40-38-35-33-31-29-26-23-20-17-14-11-8-5-2/h7,9-10,12,16,18-19,21,25,27-28,32,34,37,39,42,48,51,63H,4-6,8,11,13-15,17,20,22-24,26,29-31,33,35-36,38,40-41,43-47,49-50,52-62H2,1-3H3/b10-7-,12-9-,19-16-,21-18-,28-25-,34-32-,37-27-,42-39-,51-48-. The number of allylic oxidation sites excluding steroid dienone is 18. The predicted molar refractivity (Wildman–Crippen MR) is 306 cm³/mol. The van der Waals surface area contributed by atoms with Crippen molar-refractivity contribution < 1.29 is 23.8 Å². The highest BCUT2D eigenvalue weighted by Gasteiger charge is 2.17. The highest BCUT2D eigenvalue weighted by molar-refractivity contribution is 5.70. The van der Waals surface area contributed by atoms with Gasteiger partial charge < -0.3 is 14.2 Å². The maximum Gasteiger partial charge on any atom is 0.306 e. The Hall–Kier alpha value is -3.44. The molecule has 0 saturated carbocycles. The molecule has 0 aromatic heterocycles. The van der Waals surface area contributed by atoms with Crippen LogP contribution in [-0.2, 0) is 23.8 Å². The third-order valence-electron chi connectivity index (χ3n) is 12.3. The Bertz CT molecular complexity index is 1380. The van der Waals surface area contributed by atoms with Gasteiger partial charge in [-0.15, -0.1) is 0 Å². The smallest absolute Gasteiger partial charge is 0.306 e. The summed E-state index contributed by atoms with van der Waals surface area (Å²) in [6.45, 7) is 7.46. The van der Waals surface area contributed by atoms with Crippen molar-refractivity contribution in [3.63, 3.8) is 0 Å². The summed E-state index contributed by atoms with van der Waals surface area (Å²) < 4.78 is 17.4. The van der Waals surface area contributed by atoms with Crippen molar-refractivity contribution in [3.8, 4) is 0 Å². The van der Waals surface area contributed by atoms with E-state index >= 15 is 0 Å². The Morgan fingerprint density at radius 3 is 1.03 bits per heavy atom. The number of unbranched alkanes of at least 4 members (excludes halogenated alkanes) is 24. The second-order valence-corrected chi connectivity index (χ2v) is 19.1. The van der Waals surface area contributed by atoms with Crippen molar-refractivity contribution in [2.75, 3.05) is 19.8 Å². The Balaban J connectivity index is 4.38. The van der Waals surface area contributed by atoms with Gasteiger partial charge in [-0.05, 0) is 96.3 Å². The number of hydrogen-bond donors (Lipinski definition) is 0. The van der Waals surface area contributed by atoms with Gasteiger partial charge >= 0.3 is 11.9 Å². The number of ether oxygens (including phenoxy) is 3. The Labute approximate surface area is 434 Å². The van der Waals surface area contributed by atoms with E-state index in [9.17, 15) is 9.59 Å². The summed E-state index contributed by atoms with van der Waals surface area (Å²) in [4.78, 5) is 25.5. The predicted octanol–water partition coefficient (Wildman–Crippen LogP) is 20.3. The summed E-state index contributed by atoms with van der Waals surface area (Å²) >= 11 is 0. The van der Waals surface area contributed by atoms with E-state index in [4.69, 9.17) is 14.2 Å². The Kier molecular flexibility index (Phi) is 56.9. The van der Waals surface area contributed by atoms with Crippen LogP contribution in [0.25, 0.3) is 0 Å². The fourth-order valence-corrected chi connectivity index (χ4v) is 8.01. The molecule has 0 aromatic carbocycles. The van der Waals surface area contributed by atoms with E-state index in [1.165, 1.54) is 122 Å². The molecule has 1 unspecified atom stereocenters. The van der Waals surface area contributed by atoms with Crippen LogP contribution in [0.15, 0.2) is 109 Å². The molecule has 0 rings (SSSR count). The fraction of sp³-hybridized carbons (Fsp3) is 0.692. The molecule has 5 nitrogen and oxygen atoms in total. The molecular formula is C65H110O5. The fourth-order valence-electron chi connectivity index (χ4n) is 8.01. The third kappa shape index (κ3) is 57.1. The van der Waals surface area contributed by atoms with Crippen LogP contribution in [0.5, 0.6) is 0 Å². The van der Waals surface area contributed by atoms with E-state index in [-0.39, 0.29) is 25.2 Å². The molecule has 0 amide bonds. The number of hydrogen-bond acceptors (Lipinski definition) is 5. The van der Waals surface area contributed by atoms with Gasteiger partial charge in [0, 0.05) is 19.4 Å². The van der Waals surface area contributed by atoms with Gasteiger partial charge in [0.1, 0.15) is 6.61 Å². The van der Waals surface area contributed by atoms with E-state index in [0.717, 1.165) is 109 Å². The molecule has 0 fully saturated rings. The lowest BCUT2D eigenvalue weighted by atomic mass is 10.0. The van der Waals surface area contributed by atoms with E-state index in [1.807, 2.05) is 0 Å². The summed E-state index contributed by atoms with van der Waals surface area (Å²) in [5.41, 5.74) is 0. The van der Waals surface area contributed by atoms with Gasteiger partial charge in [0.05, 0.1) is 6.61 Å². The van der Waals surface area contributed by atoms with Crippen molar-refractivity contribution in [2.24, 2.45) is 0 Å². The average Bonchev–Trinajstić information content (AvgIpc) is 3.36. The Morgan fingerprint density at radius 2 is 0.643 bits per heavy atom. The average molecular weight is 972 g/mol. The SMILES string of the molecule is CC/C=C\C/C=C\C/C=C\C/C=C\C/C=C\C/C=C\CCCOCC(COC(=O)CCCCCCCCCCCCCCCCCCCCC)OC(=O)CCCCCCC/C=C\C/C=C\C/C=C\CC. The summed E-state index contributed by atoms with van der Waals surface area (Å²) in [5, 5.41) is 0. The lowest BCUT2D eigenvalue weighted by Gasteiger charge is -2.18. The molecule has 0 N–H and O–H groups in total. The van der Waals surface area contributed by atoms with Crippen LogP contribution in [0.4, 0.5) is 0 Å². The molecule has 0 spiro atoms. The minimum atomic E-state index is -0.582. The summed E-state index contributed by atoms with van der Waals surface area (Å²) in [5.74, 6) is -0.445. The minimum Gasteiger partial charge on any atom is -0.462 e. The van der Waals surface area contributed by atoms with E-state index in [2.05, 4.69) is 130 Å². The van der Waals surface area contributed by atoms with Crippen molar-refractivity contribution in [1.82, 2.24) is 0 Å². The van der Waals surface area contributed by atoms with E-state index < -0.39 is 6.10 Å². The molecule has 0 radical (unpaired) electrons. The van der Waals surface area contributed by atoms with Gasteiger partial charge in [-0.1, -0.05) is 265 Å². The number of carbonyl (C=O) groups excluding carboxylic acids is 2. The molecule has 0 saturated heterocycles. The van der Waals surface area contributed by atoms with Crippen molar-refractivity contribution in [3.05, 3.63) is 109 Å². The Morgan fingerprint density at radius 1 is 0.329 bits per heavy atom. The second kappa shape index (κ2) is 59.9. The largest absolute Gasteiger partial charge is 0.462 e. The highest BCUT2D eigenvalue weighted by atomic mass is 16.6. The van der Waals surface area contributed by atoms with Crippen molar-refractivity contribution >= 4 is 11.9 Å². The van der Waals surface area contributed by atoms with Gasteiger partial charge in [-0.2, -0.15) is 0 Å². The second-order valence-electron chi connectivity index (χ2n) is 19.1. The van der Waals surface area contributed by atoms with Crippen LogP contribution in [0.3, 0.4) is 0 Å². The zero-order chi connectivity index (χ0) is 50.6. The number of carbonyl (C=O) groups is 2. The van der Waals surface area contributed by atoms with Gasteiger partial charge in [0.2, 0.25) is 0 Å². The first-order valence-corrected chi connectivity index (χ1v) is 29.4. The molecule has 0 aliphatic carbocycles. The minimum absolute atomic E-state index is 0.0516. The van der Waals surface area contributed by atoms with Gasteiger partial charge in [0.25, 0.3) is 0 Å². The highest BCUT2D eigenvalue weighted by Crippen LogP contribution is 2.16. The monoisotopic (exact) mass is 971 g/mol. The van der Waals surface area contributed by atoms with Gasteiger partial charge in [-0.25, -0.2) is 0 Å².